The van der Waals surface area contributed by atoms with Crippen molar-refractivity contribution in [3.8, 4) is 0 Å². The fourth-order valence-corrected chi connectivity index (χ4v) is 1.41. The minimum absolute atomic E-state index is 0.0863. The second kappa shape index (κ2) is 3.52. The van der Waals surface area contributed by atoms with Gasteiger partial charge in [-0.3, -0.25) is 9.79 Å². The molecular weight excluding hydrogens is 154 g/mol. The molecular formula is C9H13NO2. The zero-order valence-electron chi connectivity index (χ0n) is 7.42. The summed E-state index contributed by atoms with van der Waals surface area (Å²) in [5, 5.41) is 9.22. The van der Waals surface area contributed by atoms with Crippen molar-refractivity contribution < 1.29 is 9.90 Å². The first-order valence-corrected chi connectivity index (χ1v) is 4.07. The highest BCUT2D eigenvalue weighted by Gasteiger charge is 2.17. The van der Waals surface area contributed by atoms with E-state index in [4.69, 9.17) is 0 Å². The zero-order chi connectivity index (χ0) is 9.14. The number of rotatable bonds is 2. The van der Waals surface area contributed by atoms with Gasteiger partial charge in [0, 0.05) is 12.3 Å². The van der Waals surface area contributed by atoms with Crippen LogP contribution >= 0.6 is 0 Å². The average molecular weight is 167 g/mol. The Kier molecular flexibility index (Phi) is 2.63. The van der Waals surface area contributed by atoms with Crippen LogP contribution in [0.4, 0.5) is 0 Å². The van der Waals surface area contributed by atoms with Crippen molar-refractivity contribution in [2.45, 2.75) is 26.7 Å². The molecule has 0 saturated carbocycles. The van der Waals surface area contributed by atoms with Gasteiger partial charge in [-0.05, 0) is 26.7 Å². The van der Waals surface area contributed by atoms with E-state index in [-0.39, 0.29) is 11.5 Å². The van der Waals surface area contributed by atoms with Gasteiger partial charge in [-0.15, -0.1) is 0 Å². The van der Waals surface area contributed by atoms with E-state index >= 15 is 0 Å². The number of nitrogens with zero attached hydrogens (tertiary/aromatic N) is 1. The largest absolute Gasteiger partial charge is 0.512 e. The van der Waals surface area contributed by atoms with E-state index in [9.17, 15) is 9.90 Å². The summed E-state index contributed by atoms with van der Waals surface area (Å²) in [5.74, 6) is -0.0150. The molecule has 1 aliphatic heterocycles. The molecule has 1 aliphatic rings. The molecule has 0 radical (unpaired) electrons. The summed E-state index contributed by atoms with van der Waals surface area (Å²) in [7, 11) is 0. The van der Waals surface area contributed by atoms with Crippen LogP contribution in [0.15, 0.2) is 16.3 Å². The van der Waals surface area contributed by atoms with E-state index in [1.54, 1.807) is 0 Å². The van der Waals surface area contributed by atoms with Gasteiger partial charge in [0.25, 0.3) is 0 Å². The molecule has 0 aliphatic carbocycles. The van der Waals surface area contributed by atoms with Gasteiger partial charge in [0.2, 0.25) is 0 Å². The van der Waals surface area contributed by atoms with Gasteiger partial charge in [-0.25, -0.2) is 0 Å². The van der Waals surface area contributed by atoms with Crippen LogP contribution in [0, 0.1) is 0 Å². The summed E-state index contributed by atoms with van der Waals surface area (Å²) in [4.78, 5) is 15.2. The van der Waals surface area contributed by atoms with Crippen LogP contribution < -0.4 is 0 Å². The molecule has 1 heterocycles. The molecule has 0 aromatic heterocycles. The Balaban J connectivity index is 2.95. The van der Waals surface area contributed by atoms with Crippen molar-refractivity contribution in [2.75, 3.05) is 6.54 Å². The molecule has 0 atom stereocenters. The fraction of sp³-hybridized carbons (Fsp3) is 0.556. The summed E-state index contributed by atoms with van der Waals surface area (Å²) in [6.07, 6.45) is 1.80. The molecule has 0 spiro atoms. The van der Waals surface area contributed by atoms with Crippen molar-refractivity contribution in [3.05, 3.63) is 11.3 Å². The molecule has 0 unspecified atom stereocenters. The minimum Gasteiger partial charge on any atom is -0.512 e. The highest BCUT2D eigenvalue weighted by atomic mass is 16.3. The van der Waals surface area contributed by atoms with Crippen LogP contribution in [0.25, 0.3) is 0 Å². The maximum Gasteiger partial charge on any atom is 0.164 e. The first kappa shape index (κ1) is 8.97. The molecule has 0 aromatic carbocycles. The lowest BCUT2D eigenvalue weighted by Gasteiger charge is -2.03. The zero-order valence-corrected chi connectivity index (χ0v) is 7.42. The lowest BCUT2D eigenvalue weighted by atomic mass is 10.0. The Morgan fingerprint density at radius 3 is 2.50 bits per heavy atom. The third kappa shape index (κ3) is 1.72. The fourth-order valence-electron chi connectivity index (χ4n) is 1.41. The number of carbonyl (C=O) groups excluding carboxylic acids is 1. The molecule has 0 amide bonds. The summed E-state index contributed by atoms with van der Waals surface area (Å²) in [6, 6.07) is 0. The number of hydrogen-bond acceptors (Lipinski definition) is 3. The van der Waals surface area contributed by atoms with E-state index in [1.165, 1.54) is 13.8 Å². The number of carbonyl (C=O) groups is 1. The third-order valence-electron chi connectivity index (χ3n) is 1.88. The molecule has 1 N–H and O–H groups in total. The Labute approximate surface area is 71.8 Å². The van der Waals surface area contributed by atoms with Crippen molar-refractivity contribution in [3.63, 3.8) is 0 Å². The van der Waals surface area contributed by atoms with Gasteiger partial charge in [0.15, 0.2) is 5.78 Å². The molecule has 3 heteroatoms. The van der Waals surface area contributed by atoms with Gasteiger partial charge < -0.3 is 5.11 Å². The Bertz CT molecular complexity index is 260. The maximum atomic E-state index is 11.1. The lowest BCUT2D eigenvalue weighted by Crippen LogP contribution is -2.10. The van der Waals surface area contributed by atoms with Crippen molar-refractivity contribution in [1.29, 1.82) is 0 Å². The molecule has 0 bridgehead atoms. The number of ketones is 1. The number of aliphatic hydroxyl groups excluding tert-OH is 1. The van der Waals surface area contributed by atoms with Crippen LogP contribution in [0.5, 0.6) is 0 Å². The Morgan fingerprint density at radius 2 is 2.17 bits per heavy atom. The summed E-state index contributed by atoms with van der Waals surface area (Å²) < 4.78 is 0. The second-order valence-corrected chi connectivity index (χ2v) is 2.95. The molecule has 0 saturated heterocycles. The van der Waals surface area contributed by atoms with Crippen molar-refractivity contribution >= 4 is 11.5 Å². The number of hydrogen-bond donors (Lipinski definition) is 1. The number of allylic oxidation sites excluding steroid dienone is 2. The number of aliphatic hydroxyl groups is 1. The normalized spacial score (nSPS) is 18.7. The predicted molar refractivity (Wildman–Crippen MR) is 47.5 cm³/mol. The number of aliphatic imine (C=N–C) groups is 1. The van der Waals surface area contributed by atoms with Crippen LogP contribution in [0.2, 0.25) is 0 Å². The van der Waals surface area contributed by atoms with Gasteiger partial charge in [0.05, 0.1) is 5.57 Å². The van der Waals surface area contributed by atoms with Gasteiger partial charge >= 0.3 is 0 Å². The van der Waals surface area contributed by atoms with Crippen LogP contribution in [0.1, 0.15) is 26.7 Å². The van der Waals surface area contributed by atoms with E-state index in [1.807, 2.05) is 0 Å². The maximum absolute atomic E-state index is 11.1. The summed E-state index contributed by atoms with van der Waals surface area (Å²) >= 11 is 0. The standard InChI is InChI=1S/C9H13NO2/c1-6(11)9(7(2)12)8-4-3-5-10-8/h11H,3-5H2,1-2H3. The van der Waals surface area contributed by atoms with E-state index < -0.39 is 0 Å². The lowest BCUT2D eigenvalue weighted by molar-refractivity contribution is -0.113. The Morgan fingerprint density at radius 1 is 1.50 bits per heavy atom. The van der Waals surface area contributed by atoms with Gasteiger partial charge in [-0.2, -0.15) is 0 Å². The van der Waals surface area contributed by atoms with E-state index in [2.05, 4.69) is 4.99 Å². The summed E-state index contributed by atoms with van der Waals surface area (Å²) in [5.41, 5.74) is 1.18. The smallest absolute Gasteiger partial charge is 0.164 e. The van der Waals surface area contributed by atoms with Crippen LogP contribution in [0.3, 0.4) is 0 Å². The highest BCUT2D eigenvalue weighted by molar-refractivity contribution is 6.22. The average Bonchev–Trinajstić information content (AvgIpc) is 2.37. The van der Waals surface area contributed by atoms with Crippen molar-refractivity contribution in [2.24, 2.45) is 4.99 Å². The molecule has 0 aromatic rings. The molecule has 1 rings (SSSR count). The van der Waals surface area contributed by atoms with Gasteiger partial charge in [-0.1, -0.05) is 0 Å². The quantitative estimate of drug-likeness (QED) is 0.502. The van der Waals surface area contributed by atoms with Crippen molar-refractivity contribution in [1.82, 2.24) is 0 Å². The second-order valence-electron chi connectivity index (χ2n) is 2.95. The third-order valence-corrected chi connectivity index (χ3v) is 1.88. The van der Waals surface area contributed by atoms with Crippen LogP contribution in [-0.2, 0) is 4.79 Å². The SMILES string of the molecule is CC(=O)C(C1=NCCC1)=C(C)O. The molecule has 0 fully saturated rings. The molecule has 66 valence electrons. The Hall–Kier alpha value is -1.12. The van der Waals surface area contributed by atoms with E-state index in [0.29, 0.717) is 5.57 Å². The topological polar surface area (TPSA) is 49.7 Å². The minimum atomic E-state index is -0.101. The highest BCUT2D eigenvalue weighted by Crippen LogP contribution is 2.15. The monoisotopic (exact) mass is 167 g/mol. The predicted octanol–water partition coefficient (Wildman–Crippen LogP) is 1.64. The van der Waals surface area contributed by atoms with Crippen LogP contribution in [-0.4, -0.2) is 23.1 Å². The van der Waals surface area contributed by atoms with E-state index in [0.717, 1.165) is 25.1 Å². The molecule has 12 heavy (non-hydrogen) atoms. The first-order chi connectivity index (χ1) is 5.63. The summed E-state index contributed by atoms with van der Waals surface area (Å²) in [6.45, 7) is 3.76. The van der Waals surface area contributed by atoms with Gasteiger partial charge in [0.1, 0.15) is 5.76 Å². The first-order valence-electron chi connectivity index (χ1n) is 4.07. The molecule has 3 nitrogen and oxygen atoms in total. The number of Topliss-reactive ketones (excluding diaryl/α,β-unsaturated/α-hetero) is 1.